The summed E-state index contributed by atoms with van der Waals surface area (Å²) in [5, 5.41) is 0.304. The van der Waals surface area contributed by atoms with Crippen molar-refractivity contribution in [2.75, 3.05) is 13.7 Å². The molecule has 0 atom stereocenters. The van der Waals surface area contributed by atoms with Gasteiger partial charge in [-0.1, -0.05) is 29.8 Å². The van der Waals surface area contributed by atoms with Gasteiger partial charge < -0.3 is 9.47 Å². The van der Waals surface area contributed by atoms with Gasteiger partial charge in [-0.15, -0.1) is 6.58 Å². The van der Waals surface area contributed by atoms with Crippen LogP contribution in [-0.4, -0.2) is 29.8 Å². The third kappa shape index (κ3) is 4.89. The average molecular weight is 444 g/mol. The van der Waals surface area contributed by atoms with E-state index in [-0.39, 0.29) is 17.7 Å². The van der Waals surface area contributed by atoms with Crippen molar-refractivity contribution in [3.05, 3.63) is 75.7 Å². The molecule has 7 heteroatoms. The lowest BCUT2D eigenvalue weighted by atomic mass is 10.0. The molecule has 0 N–H and O–H groups in total. The first-order chi connectivity index (χ1) is 14.5. The largest absolute Gasteiger partial charge is 0.493 e. The van der Waals surface area contributed by atoms with Gasteiger partial charge in [0.2, 0.25) is 0 Å². The molecule has 1 aliphatic rings. The van der Waals surface area contributed by atoms with E-state index in [0.717, 1.165) is 28.5 Å². The van der Waals surface area contributed by atoms with Gasteiger partial charge in [-0.3, -0.25) is 14.5 Å². The van der Waals surface area contributed by atoms with Crippen molar-refractivity contribution in [1.29, 1.82) is 0 Å². The number of benzene rings is 2. The lowest BCUT2D eigenvalue weighted by molar-refractivity contribution is -0.123. The first-order valence-electron chi connectivity index (χ1n) is 9.41. The Morgan fingerprint density at radius 1 is 1.20 bits per heavy atom. The summed E-state index contributed by atoms with van der Waals surface area (Å²) in [6.07, 6.45) is 4.07. The predicted octanol–water partition coefficient (Wildman–Crippen LogP) is 5.71. The van der Waals surface area contributed by atoms with E-state index < -0.39 is 0 Å². The van der Waals surface area contributed by atoms with Gasteiger partial charge in [0.05, 0.1) is 25.2 Å². The molecule has 1 aliphatic heterocycles. The molecule has 0 radical (unpaired) electrons. The fourth-order valence-corrected chi connectivity index (χ4v) is 4.09. The Kier molecular flexibility index (Phi) is 7.24. The first kappa shape index (κ1) is 22.0. The highest BCUT2D eigenvalue weighted by atomic mass is 35.5. The van der Waals surface area contributed by atoms with Crippen LogP contribution in [0.2, 0.25) is 5.02 Å². The number of imide groups is 1. The van der Waals surface area contributed by atoms with E-state index in [0.29, 0.717) is 34.5 Å². The highest BCUT2D eigenvalue weighted by molar-refractivity contribution is 8.18. The number of methoxy groups -OCH3 is 1. The van der Waals surface area contributed by atoms with E-state index in [1.54, 1.807) is 43.5 Å². The first-order valence-corrected chi connectivity index (χ1v) is 10.6. The van der Waals surface area contributed by atoms with Gasteiger partial charge in [-0.25, -0.2) is 0 Å². The Hall–Kier alpha value is -2.70. The van der Waals surface area contributed by atoms with Crippen molar-refractivity contribution in [3.63, 3.8) is 0 Å². The highest BCUT2D eigenvalue weighted by Crippen LogP contribution is 2.37. The molecule has 0 aromatic heterocycles. The summed E-state index contributed by atoms with van der Waals surface area (Å²) in [6, 6.07) is 10.8. The van der Waals surface area contributed by atoms with Gasteiger partial charge in [-0.2, -0.15) is 0 Å². The second-order valence-corrected chi connectivity index (χ2v) is 7.96. The molecular weight excluding hydrogens is 422 g/mol. The molecule has 1 saturated heterocycles. The smallest absolute Gasteiger partial charge is 0.293 e. The van der Waals surface area contributed by atoms with Gasteiger partial charge in [0.15, 0.2) is 11.5 Å². The zero-order valence-electron chi connectivity index (χ0n) is 16.8. The summed E-state index contributed by atoms with van der Waals surface area (Å²) in [7, 11) is 1.59. The molecule has 2 aromatic carbocycles. The Balaban J connectivity index is 1.90. The van der Waals surface area contributed by atoms with Crippen molar-refractivity contribution >= 4 is 40.6 Å². The number of nitrogens with zero attached hydrogens (tertiary/aromatic N) is 1. The average Bonchev–Trinajstić information content (AvgIpc) is 2.97. The van der Waals surface area contributed by atoms with Crippen LogP contribution < -0.4 is 9.47 Å². The fraction of sp³-hybridized carbons (Fsp3) is 0.217. The zero-order chi connectivity index (χ0) is 21.7. The van der Waals surface area contributed by atoms with Gasteiger partial charge in [0.1, 0.15) is 0 Å². The topological polar surface area (TPSA) is 55.8 Å². The summed E-state index contributed by atoms with van der Waals surface area (Å²) in [4.78, 5) is 26.9. The number of carbonyl (C=O) groups excluding carboxylic acids is 2. The Bertz CT molecular complexity index is 1000. The number of carbonyl (C=O) groups is 2. The van der Waals surface area contributed by atoms with Gasteiger partial charge in [0, 0.05) is 10.6 Å². The van der Waals surface area contributed by atoms with E-state index in [1.165, 1.54) is 4.90 Å². The summed E-state index contributed by atoms with van der Waals surface area (Å²) >= 11 is 6.83. The summed E-state index contributed by atoms with van der Waals surface area (Å²) in [5.41, 5.74) is 2.48. The van der Waals surface area contributed by atoms with E-state index in [9.17, 15) is 9.59 Å². The zero-order valence-corrected chi connectivity index (χ0v) is 18.4. The summed E-state index contributed by atoms with van der Waals surface area (Å²) in [6.45, 7) is 6.36. The maximum absolute atomic E-state index is 12.9. The van der Waals surface area contributed by atoms with Gasteiger partial charge in [-0.05, 0) is 66.6 Å². The van der Waals surface area contributed by atoms with E-state index in [1.807, 2.05) is 19.1 Å². The molecule has 0 unspecified atom stereocenters. The molecule has 0 spiro atoms. The molecule has 2 amide bonds. The summed E-state index contributed by atoms with van der Waals surface area (Å²) < 4.78 is 11.2. The molecular formula is C23H22ClNO4S. The second-order valence-electron chi connectivity index (χ2n) is 6.53. The van der Waals surface area contributed by atoms with Crippen LogP contribution in [0, 0.1) is 0 Å². The van der Waals surface area contributed by atoms with Crippen LogP contribution in [0.25, 0.3) is 6.08 Å². The lowest BCUT2D eigenvalue weighted by Gasteiger charge is -2.14. The van der Waals surface area contributed by atoms with Gasteiger partial charge >= 0.3 is 0 Å². The molecule has 3 rings (SSSR count). The van der Waals surface area contributed by atoms with Crippen LogP contribution in [-0.2, 0) is 17.8 Å². The SMILES string of the molecule is C=CCc1cc(/C=C2\SC(=O)N(Cc3ccc(Cl)cc3)C2=O)cc(OCC)c1OC. The highest BCUT2D eigenvalue weighted by Gasteiger charge is 2.35. The monoisotopic (exact) mass is 443 g/mol. The molecule has 5 nitrogen and oxygen atoms in total. The van der Waals surface area contributed by atoms with Crippen molar-refractivity contribution in [3.8, 4) is 11.5 Å². The molecule has 156 valence electrons. The predicted molar refractivity (Wildman–Crippen MR) is 121 cm³/mol. The number of allylic oxidation sites excluding steroid dienone is 1. The van der Waals surface area contributed by atoms with Crippen molar-refractivity contribution in [2.24, 2.45) is 0 Å². The minimum absolute atomic E-state index is 0.202. The number of halogens is 1. The number of rotatable bonds is 8. The van der Waals surface area contributed by atoms with Crippen LogP contribution in [0.5, 0.6) is 11.5 Å². The molecule has 1 fully saturated rings. The summed E-state index contributed by atoms with van der Waals surface area (Å²) in [5.74, 6) is 0.912. The van der Waals surface area contributed by atoms with E-state index in [2.05, 4.69) is 6.58 Å². The normalized spacial score (nSPS) is 15.0. The van der Waals surface area contributed by atoms with Crippen molar-refractivity contribution < 1.29 is 19.1 Å². The maximum atomic E-state index is 12.9. The molecule has 1 heterocycles. The van der Waals surface area contributed by atoms with Crippen LogP contribution >= 0.6 is 23.4 Å². The Labute approximate surface area is 185 Å². The third-order valence-electron chi connectivity index (χ3n) is 4.45. The Morgan fingerprint density at radius 3 is 2.57 bits per heavy atom. The maximum Gasteiger partial charge on any atom is 0.293 e. The van der Waals surface area contributed by atoms with Crippen molar-refractivity contribution in [2.45, 2.75) is 19.9 Å². The second kappa shape index (κ2) is 9.87. The number of thioether (sulfide) groups is 1. The fourth-order valence-electron chi connectivity index (χ4n) is 3.13. The van der Waals surface area contributed by atoms with Crippen LogP contribution in [0.15, 0.2) is 54.0 Å². The molecule has 30 heavy (non-hydrogen) atoms. The van der Waals surface area contributed by atoms with E-state index in [4.69, 9.17) is 21.1 Å². The number of ether oxygens (including phenoxy) is 2. The molecule has 0 saturated carbocycles. The molecule has 0 bridgehead atoms. The number of hydrogen-bond acceptors (Lipinski definition) is 5. The number of amides is 2. The van der Waals surface area contributed by atoms with Crippen LogP contribution in [0.3, 0.4) is 0 Å². The Morgan fingerprint density at radius 2 is 1.93 bits per heavy atom. The van der Waals surface area contributed by atoms with Crippen LogP contribution in [0.1, 0.15) is 23.6 Å². The lowest BCUT2D eigenvalue weighted by Crippen LogP contribution is -2.27. The standard InChI is InChI=1S/C23H22ClNO4S/c1-4-6-17-11-16(12-19(29-5-2)21(17)28-3)13-20-22(26)25(23(27)30-20)14-15-7-9-18(24)10-8-15/h4,7-13H,1,5-6,14H2,2-3H3/b20-13-. The quantitative estimate of drug-likeness (QED) is 0.386. The van der Waals surface area contributed by atoms with Gasteiger partial charge in [0.25, 0.3) is 11.1 Å². The third-order valence-corrected chi connectivity index (χ3v) is 5.61. The minimum atomic E-state index is -0.320. The minimum Gasteiger partial charge on any atom is -0.493 e. The van der Waals surface area contributed by atoms with Crippen molar-refractivity contribution in [1.82, 2.24) is 4.90 Å². The molecule has 2 aromatic rings. The number of hydrogen-bond donors (Lipinski definition) is 0. The van der Waals surface area contributed by atoms with E-state index >= 15 is 0 Å². The van der Waals surface area contributed by atoms with Crippen LogP contribution in [0.4, 0.5) is 4.79 Å². The molecule has 0 aliphatic carbocycles.